The van der Waals surface area contributed by atoms with Gasteiger partial charge in [-0.1, -0.05) is 27.7 Å². The van der Waals surface area contributed by atoms with Crippen LogP contribution in [0.1, 0.15) is 66.2 Å². The van der Waals surface area contributed by atoms with Gasteiger partial charge in [0.15, 0.2) is 0 Å². The molecule has 0 amide bonds. The number of hydrogen-bond acceptors (Lipinski definition) is 3. The molecule has 3 heteroatoms. The third-order valence-electron chi connectivity index (χ3n) is 8.99. The average molecular weight is 349 g/mol. The van der Waals surface area contributed by atoms with Gasteiger partial charge in [0.25, 0.3) is 0 Å². The molecule has 0 heterocycles. The number of methoxy groups -OCH3 is 2. The number of fused-ring (bicyclic) bond motifs is 2. The Morgan fingerprint density at radius 1 is 1.12 bits per heavy atom. The molecule has 0 aromatic rings. The van der Waals surface area contributed by atoms with Crippen LogP contribution in [0.5, 0.6) is 0 Å². The zero-order valence-electron chi connectivity index (χ0n) is 17.0. The molecule has 0 radical (unpaired) electrons. The van der Waals surface area contributed by atoms with Crippen molar-refractivity contribution >= 4 is 0 Å². The lowest BCUT2D eigenvalue weighted by atomic mass is 9.56. The van der Waals surface area contributed by atoms with Crippen molar-refractivity contribution in [1.82, 2.24) is 0 Å². The van der Waals surface area contributed by atoms with Gasteiger partial charge in [0.2, 0.25) is 0 Å². The van der Waals surface area contributed by atoms with Crippen molar-refractivity contribution in [2.75, 3.05) is 21.0 Å². The average Bonchev–Trinajstić information content (AvgIpc) is 3.04. The molecule has 0 aromatic carbocycles. The standard InChI is InChI=1S/C22H36O3/c1-19(2)17(25-14-23-5)12-20(3)13-22-10-7-8-16(24-6)21(22,4)11-9-15(22)18(19)20/h8,15,17-18H,7,9-14H2,1-6H3/t15-,17-,18+,20+,21-,22+/m0/s1. The summed E-state index contributed by atoms with van der Waals surface area (Å²) < 4.78 is 17.3. The predicted octanol–water partition coefficient (Wildman–Crippen LogP) is 5.16. The molecule has 4 aliphatic carbocycles. The summed E-state index contributed by atoms with van der Waals surface area (Å²) in [5, 5.41) is 0. The first-order valence-corrected chi connectivity index (χ1v) is 10.1. The summed E-state index contributed by atoms with van der Waals surface area (Å²) in [6.45, 7) is 10.4. The zero-order valence-corrected chi connectivity index (χ0v) is 17.0. The van der Waals surface area contributed by atoms with Gasteiger partial charge in [0.1, 0.15) is 6.79 Å². The van der Waals surface area contributed by atoms with Crippen LogP contribution in [-0.2, 0) is 14.2 Å². The lowest BCUT2D eigenvalue weighted by Gasteiger charge is -2.49. The fourth-order valence-electron chi connectivity index (χ4n) is 8.35. The van der Waals surface area contributed by atoms with Crippen molar-refractivity contribution in [1.29, 1.82) is 0 Å². The zero-order chi connectivity index (χ0) is 18.1. The number of rotatable bonds is 4. The van der Waals surface area contributed by atoms with Crippen LogP contribution in [0, 0.1) is 33.5 Å². The molecule has 1 spiro atoms. The third kappa shape index (κ3) is 2.06. The second-order valence-corrected chi connectivity index (χ2v) is 10.3. The van der Waals surface area contributed by atoms with Crippen LogP contribution >= 0.6 is 0 Å². The highest BCUT2D eigenvalue weighted by Gasteiger charge is 2.74. The minimum atomic E-state index is 0.209. The Labute approximate surface area is 153 Å². The maximum Gasteiger partial charge on any atom is 0.146 e. The smallest absolute Gasteiger partial charge is 0.146 e. The van der Waals surface area contributed by atoms with Crippen LogP contribution in [0.4, 0.5) is 0 Å². The Hall–Kier alpha value is -0.540. The first kappa shape index (κ1) is 17.9. The molecule has 0 N–H and O–H groups in total. The van der Waals surface area contributed by atoms with Crippen molar-refractivity contribution in [3.63, 3.8) is 0 Å². The van der Waals surface area contributed by atoms with Gasteiger partial charge in [-0.2, -0.15) is 0 Å². The molecule has 6 atom stereocenters. The van der Waals surface area contributed by atoms with Gasteiger partial charge in [-0.15, -0.1) is 0 Å². The van der Waals surface area contributed by atoms with Gasteiger partial charge in [0, 0.05) is 12.5 Å². The van der Waals surface area contributed by atoms with Crippen LogP contribution < -0.4 is 0 Å². The van der Waals surface area contributed by atoms with E-state index in [4.69, 9.17) is 14.2 Å². The second kappa shape index (κ2) is 5.48. The van der Waals surface area contributed by atoms with Crippen molar-refractivity contribution in [2.45, 2.75) is 72.3 Å². The van der Waals surface area contributed by atoms with Crippen molar-refractivity contribution in [2.24, 2.45) is 33.5 Å². The van der Waals surface area contributed by atoms with E-state index in [9.17, 15) is 0 Å². The van der Waals surface area contributed by atoms with E-state index in [0.29, 0.717) is 23.7 Å². The predicted molar refractivity (Wildman–Crippen MR) is 99.0 cm³/mol. The second-order valence-electron chi connectivity index (χ2n) is 10.3. The van der Waals surface area contributed by atoms with Crippen molar-refractivity contribution in [3.05, 3.63) is 11.8 Å². The third-order valence-corrected chi connectivity index (χ3v) is 8.99. The van der Waals surface area contributed by atoms with E-state index in [1.165, 1.54) is 44.3 Å². The maximum atomic E-state index is 6.16. The van der Waals surface area contributed by atoms with Crippen LogP contribution in [0.3, 0.4) is 0 Å². The molecular formula is C22H36O3. The quantitative estimate of drug-likeness (QED) is 0.657. The molecule has 25 heavy (non-hydrogen) atoms. The Balaban J connectivity index is 1.72. The first-order valence-electron chi connectivity index (χ1n) is 10.1. The molecule has 4 rings (SSSR count). The summed E-state index contributed by atoms with van der Waals surface area (Å²) in [6, 6.07) is 0. The fourth-order valence-corrected chi connectivity index (χ4v) is 8.35. The Bertz CT molecular complexity index is 582. The summed E-state index contributed by atoms with van der Waals surface area (Å²) in [4.78, 5) is 0. The van der Waals surface area contributed by atoms with Gasteiger partial charge >= 0.3 is 0 Å². The van der Waals surface area contributed by atoms with Gasteiger partial charge < -0.3 is 14.2 Å². The highest BCUT2D eigenvalue weighted by molar-refractivity contribution is 5.29. The van der Waals surface area contributed by atoms with Gasteiger partial charge in [-0.3, -0.25) is 0 Å². The minimum absolute atomic E-state index is 0.209. The first-order chi connectivity index (χ1) is 11.7. The van der Waals surface area contributed by atoms with Crippen LogP contribution in [-0.4, -0.2) is 27.1 Å². The van der Waals surface area contributed by atoms with E-state index in [1.54, 1.807) is 7.11 Å². The molecule has 3 nitrogen and oxygen atoms in total. The van der Waals surface area contributed by atoms with E-state index >= 15 is 0 Å². The van der Waals surface area contributed by atoms with Gasteiger partial charge in [-0.05, 0) is 72.7 Å². The van der Waals surface area contributed by atoms with Gasteiger partial charge in [-0.25, -0.2) is 0 Å². The maximum absolute atomic E-state index is 6.16. The lowest BCUT2D eigenvalue weighted by molar-refractivity contribution is -0.115. The van der Waals surface area contributed by atoms with Crippen LogP contribution in [0.15, 0.2) is 11.8 Å². The van der Waals surface area contributed by atoms with E-state index in [2.05, 4.69) is 33.8 Å². The summed E-state index contributed by atoms with van der Waals surface area (Å²) in [5.74, 6) is 2.81. The van der Waals surface area contributed by atoms with Crippen LogP contribution in [0.25, 0.3) is 0 Å². The molecular weight excluding hydrogens is 312 g/mol. The molecule has 142 valence electrons. The Morgan fingerprint density at radius 3 is 2.56 bits per heavy atom. The van der Waals surface area contributed by atoms with Crippen LogP contribution in [0.2, 0.25) is 0 Å². The molecule has 0 aliphatic heterocycles. The summed E-state index contributed by atoms with van der Waals surface area (Å²) >= 11 is 0. The highest BCUT2D eigenvalue weighted by atomic mass is 16.7. The number of ether oxygens (including phenoxy) is 3. The normalized spacial score (nSPS) is 50.2. The van der Waals surface area contributed by atoms with Crippen molar-refractivity contribution < 1.29 is 14.2 Å². The molecule has 4 aliphatic rings. The van der Waals surface area contributed by atoms with E-state index in [-0.39, 0.29) is 10.8 Å². The fraction of sp³-hybridized carbons (Fsp3) is 0.909. The topological polar surface area (TPSA) is 27.7 Å². The van der Waals surface area contributed by atoms with E-state index < -0.39 is 0 Å². The number of allylic oxidation sites excluding steroid dienone is 2. The van der Waals surface area contributed by atoms with Crippen molar-refractivity contribution in [3.8, 4) is 0 Å². The molecule has 0 saturated heterocycles. The summed E-state index contributed by atoms with van der Waals surface area (Å²) in [7, 11) is 3.60. The van der Waals surface area contributed by atoms with E-state index in [1.807, 2.05) is 7.11 Å². The summed E-state index contributed by atoms with van der Waals surface area (Å²) in [5.41, 5.74) is 1.25. The monoisotopic (exact) mass is 348 g/mol. The van der Waals surface area contributed by atoms with E-state index in [0.717, 1.165) is 11.8 Å². The van der Waals surface area contributed by atoms with Gasteiger partial charge in [0.05, 0.1) is 19.0 Å². The highest BCUT2D eigenvalue weighted by Crippen LogP contribution is 2.80. The molecule has 0 unspecified atom stereocenters. The molecule has 3 fully saturated rings. The molecule has 0 bridgehead atoms. The summed E-state index contributed by atoms with van der Waals surface area (Å²) in [6.07, 6.45) is 10.3. The Kier molecular flexibility index (Phi) is 3.92. The SMILES string of the molecule is COCO[C@H]1C[C@]2(C)C[C@@]34CCC=C(OC)[C@]3(C)CC[C@H]4[C@@H]2C1(C)C. The molecule has 3 saturated carbocycles. The largest absolute Gasteiger partial charge is 0.501 e. The number of hydrogen-bond donors (Lipinski definition) is 0. The molecule has 0 aromatic heterocycles. The Morgan fingerprint density at radius 2 is 1.88 bits per heavy atom. The lowest BCUT2D eigenvalue weighted by Crippen LogP contribution is -2.44. The minimum Gasteiger partial charge on any atom is -0.501 e.